The number of rotatable bonds is 19. The number of nitrogens with two attached hydrogens (primary N) is 1. The number of carboxylic acids is 2. The fourth-order valence-corrected chi connectivity index (χ4v) is 6.61. The number of aromatic amines is 2. The molecule has 3 amide bonds. The van der Waals surface area contributed by atoms with Crippen LogP contribution in [0, 0.1) is 23.2 Å². The van der Waals surface area contributed by atoms with Gasteiger partial charge in [-0.15, -0.1) is 0 Å². The average Bonchev–Trinajstić information content (AvgIpc) is 4.01. The van der Waals surface area contributed by atoms with Crippen LogP contribution in [0.3, 0.4) is 0 Å². The standard InChI is InChI=1S/C22H23N5O4.C22H21N5O3/c23-20(28)12-17(22(30)31)11-18(25-21(29)19-13-24-27-26-19)10-14-6-8-16(9-7-14)15-4-2-1-3-5-15;23-11-10-18(22(29)30)13-19(25-21(28)20-14-24-27-26-20)12-15-6-8-17(9-7-15)16-4-2-1-3-5-16/h1-9,13,17-18H,10-12H2,(H2,23,28)(H,25,29)(H,30,31)(H,24,26,27);1-9,14,18-19H,10,12-13H2,(H,25,28)(H,29,30)(H,24,26,27)/t17-,18+;18-,19-/m01/s1. The van der Waals surface area contributed by atoms with Crippen molar-refractivity contribution in [3.63, 3.8) is 0 Å². The molecule has 0 saturated heterocycles. The van der Waals surface area contributed by atoms with Crippen molar-refractivity contribution in [2.24, 2.45) is 17.6 Å². The number of benzene rings is 4. The first-order valence-electron chi connectivity index (χ1n) is 19.2. The van der Waals surface area contributed by atoms with Gasteiger partial charge in [-0.05, 0) is 59.1 Å². The summed E-state index contributed by atoms with van der Waals surface area (Å²) in [4.78, 5) is 59.2. The Labute approximate surface area is 350 Å². The molecule has 0 aliphatic rings. The van der Waals surface area contributed by atoms with Crippen LogP contribution in [0.25, 0.3) is 22.3 Å². The predicted molar refractivity (Wildman–Crippen MR) is 222 cm³/mol. The Bertz CT molecular complexity index is 2370. The number of hydrogen-bond donors (Lipinski definition) is 7. The largest absolute Gasteiger partial charge is 0.481 e. The van der Waals surface area contributed by atoms with Crippen molar-refractivity contribution < 1.29 is 34.2 Å². The van der Waals surface area contributed by atoms with E-state index in [0.29, 0.717) is 12.8 Å². The van der Waals surface area contributed by atoms with Gasteiger partial charge in [0.1, 0.15) is 0 Å². The lowest BCUT2D eigenvalue weighted by Gasteiger charge is -2.22. The second kappa shape index (κ2) is 22.2. The molecule has 0 aliphatic heterocycles. The maximum Gasteiger partial charge on any atom is 0.307 e. The van der Waals surface area contributed by atoms with Crippen molar-refractivity contribution in [1.82, 2.24) is 41.5 Å². The first kappa shape index (κ1) is 44.1. The number of carbonyl (C=O) groups is 5. The van der Waals surface area contributed by atoms with Gasteiger partial charge in [-0.2, -0.15) is 36.1 Å². The van der Waals surface area contributed by atoms with Gasteiger partial charge in [-0.3, -0.25) is 24.0 Å². The molecule has 0 radical (unpaired) electrons. The number of nitrogens with one attached hydrogen (secondary N) is 4. The number of carbonyl (C=O) groups excluding carboxylic acids is 3. The SMILES string of the molecule is N#CC[C@H](C[C@@H](Cc1ccc(-c2ccccc2)cc1)NC(=O)c1cn[nH]n1)C(=O)O.NC(=O)C[C@H](C[C@@H](Cc1ccc(-c2ccccc2)cc1)NC(=O)c1cn[nH]n1)C(=O)O. The van der Waals surface area contributed by atoms with Crippen LogP contribution >= 0.6 is 0 Å². The highest BCUT2D eigenvalue weighted by Crippen LogP contribution is 2.23. The summed E-state index contributed by atoms with van der Waals surface area (Å²) < 4.78 is 0. The Morgan fingerprint density at radius 3 is 1.34 bits per heavy atom. The summed E-state index contributed by atoms with van der Waals surface area (Å²) in [7, 11) is 0. The molecule has 0 fully saturated rings. The minimum atomic E-state index is -1.14. The zero-order valence-corrected chi connectivity index (χ0v) is 32.8. The topological polar surface area (TPSA) is 283 Å². The molecule has 0 unspecified atom stereocenters. The van der Waals surface area contributed by atoms with E-state index in [0.717, 1.165) is 33.4 Å². The molecule has 61 heavy (non-hydrogen) atoms. The summed E-state index contributed by atoms with van der Waals surface area (Å²) in [6.07, 6.45) is 3.12. The molecule has 6 aromatic rings. The smallest absolute Gasteiger partial charge is 0.307 e. The van der Waals surface area contributed by atoms with Crippen molar-refractivity contribution in [2.75, 3.05) is 0 Å². The molecular formula is C44H44N10O7. The molecule has 4 atom stereocenters. The maximum absolute atomic E-state index is 12.4. The lowest BCUT2D eigenvalue weighted by Crippen LogP contribution is -2.40. The Hall–Kier alpha value is -8.00. The van der Waals surface area contributed by atoms with E-state index in [2.05, 4.69) is 41.5 Å². The summed E-state index contributed by atoms with van der Waals surface area (Å²) in [5, 5.41) is 52.9. The first-order valence-corrected chi connectivity index (χ1v) is 19.2. The van der Waals surface area contributed by atoms with Crippen molar-refractivity contribution in [2.45, 2.75) is 50.6 Å². The number of nitrogens with zero attached hydrogens (tertiary/aromatic N) is 5. The monoisotopic (exact) mass is 824 g/mol. The molecule has 0 bridgehead atoms. The normalized spacial score (nSPS) is 12.6. The molecule has 0 saturated carbocycles. The number of H-pyrrole nitrogens is 2. The molecule has 2 heterocycles. The lowest BCUT2D eigenvalue weighted by molar-refractivity contribution is -0.144. The third-order valence-electron chi connectivity index (χ3n) is 9.67. The molecule has 2 aromatic heterocycles. The molecule has 17 nitrogen and oxygen atoms in total. The fraction of sp³-hybridized carbons (Fsp3) is 0.227. The van der Waals surface area contributed by atoms with Crippen molar-refractivity contribution in [3.05, 3.63) is 144 Å². The van der Waals surface area contributed by atoms with Gasteiger partial charge in [0.15, 0.2) is 11.4 Å². The molecule has 0 aliphatic carbocycles. The van der Waals surface area contributed by atoms with E-state index in [9.17, 15) is 34.2 Å². The number of aromatic nitrogens is 6. The molecule has 4 aromatic carbocycles. The van der Waals surface area contributed by atoms with Crippen LogP contribution < -0.4 is 16.4 Å². The Balaban J connectivity index is 0.000000231. The summed E-state index contributed by atoms with van der Waals surface area (Å²) in [5.74, 6) is -5.72. The summed E-state index contributed by atoms with van der Waals surface area (Å²) in [6.45, 7) is 0. The van der Waals surface area contributed by atoms with E-state index >= 15 is 0 Å². The van der Waals surface area contributed by atoms with Gasteiger partial charge in [0, 0.05) is 24.9 Å². The van der Waals surface area contributed by atoms with Crippen molar-refractivity contribution in [1.29, 1.82) is 5.26 Å². The van der Waals surface area contributed by atoms with Crippen LogP contribution in [0.1, 0.15) is 57.8 Å². The van der Waals surface area contributed by atoms with Crippen molar-refractivity contribution >= 4 is 29.7 Å². The molecule has 8 N–H and O–H groups in total. The molecule has 6 rings (SSSR count). The highest BCUT2D eigenvalue weighted by molar-refractivity contribution is 5.92. The Morgan fingerprint density at radius 2 is 1.00 bits per heavy atom. The number of primary amides is 1. The van der Waals surface area contributed by atoms with Gasteiger partial charge < -0.3 is 26.6 Å². The zero-order valence-electron chi connectivity index (χ0n) is 32.8. The van der Waals surface area contributed by atoms with Gasteiger partial charge in [0.05, 0.1) is 30.3 Å². The average molecular weight is 825 g/mol. The predicted octanol–water partition coefficient (Wildman–Crippen LogP) is 4.60. The fourth-order valence-electron chi connectivity index (χ4n) is 6.61. The van der Waals surface area contributed by atoms with Gasteiger partial charge in [-0.1, -0.05) is 109 Å². The van der Waals surface area contributed by atoms with E-state index in [-0.39, 0.29) is 37.1 Å². The highest BCUT2D eigenvalue weighted by atomic mass is 16.4. The Kier molecular flexibility index (Phi) is 16.1. The van der Waals surface area contributed by atoms with E-state index < -0.39 is 53.6 Å². The first-order chi connectivity index (χ1) is 29.5. The quantitative estimate of drug-likeness (QED) is 0.0590. The lowest BCUT2D eigenvalue weighted by atomic mass is 9.92. The zero-order chi connectivity index (χ0) is 43.6. The second-order valence-electron chi connectivity index (χ2n) is 14.2. The van der Waals surface area contributed by atoms with Gasteiger partial charge >= 0.3 is 11.9 Å². The van der Waals surface area contributed by atoms with Crippen LogP contribution in [0.2, 0.25) is 0 Å². The number of carboxylic acid groups (broad SMARTS) is 2. The van der Waals surface area contributed by atoms with E-state index in [1.165, 1.54) is 12.4 Å². The van der Waals surface area contributed by atoms with Crippen molar-refractivity contribution in [3.8, 4) is 28.3 Å². The van der Waals surface area contributed by atoms with Gasteiger partial charge in [0.25, 0.3) is 11.8 Å². The summed E-state index contributed by atoms with van der Waals surface area (Å²) >= 11 is 0. The third-order valence-corrected chi connectivity index (χ3v) is 9.67. The molecule has 0 spiro atoms. The summed E-state index contributed by atoms with van der Waals surface area (Å²) in [5.41, 5.74) is 11.5. The van der Waals surface area contributed by atoms with Crippen LogP contribution in [0.5, 0.6) is 0 Å². The van der Waals surface area contributed by atoms with Gasteiger partial charge in [0.2, 0.25) is 5.91 Å². The minimum absolute atomic E-state index is 0.0439. The van der Waals surface area contributed by atoms with Crippen LogP contribution in [0.15, 0.2) is 122 Å². The number of aliphatic carboxylic acids is 2. The third kappa shape index (κ3) is 13.8. The van der Waals surface area contributed by atoms with Crippen LogP contribution in [0.4, 0.5) is 0 Å². The number of hydrogen-bond acceptors (Lipinski definition) is 10. The maximum atomic E-state index is 12.4. The van der Waals surface area contributed by atoms with E-state index in [1.54, 1.807) is 0 Å². The molecule has 17 heteroatoms. The molecule has 312 valence electrons. The Morgan fingerprint density at radius 1 is 0.607 bits per heavy atom. The van der Waals surface area contributed by atoms with E-state index in [4.69, 9.17) is 11.0 Å². The summed E-state index contributed by atoms with van der Waals surface area (Å²) in [6, 6.07) is 36.4. The molecular weight excluding hydrogens is 781 g/mol. The van der Waals surface area contributed by atoms with Crippen LogP contribution in [-0.2, 0) is 27.2 Å². The second-order valence-corrected chi connectivity index (χ2v) is 14.2. The van der Waals surface area contributed by atoms with Gasteiger partial charge in [-0.25, -0.2) is 0 Å². The minimum Gasteiger partial charge on any atom is -0.481 e. The number of nitriles is 1. The van der Waals surface area contributed by atoms with E-state index in [1.807, 2.05) is 115 Å². The number of amides is 3. The van der Waals surface area contributed by atoms with Crippen LogP contribution in [-0.4, -0.2) is 82.8 Å². The highest BCUT2D eigenvalue weighted by Gasteiger charge is 2.27.